The first-order valence-corrected chi connectivity index (χ1v) is 7.45. The molecule has 1 aromatic carbocycles. The van der Waals surface area contributed by atoms with E-state index in [0.717, 1.165) is 12.0 Å². The van der Waals surface area contributed by atoms with Crippen LogP contribution < -0.4 is 15.8 Å². The molecule has 4 nitrogen and oxygen atoms in total. The van der Waals surface area contributed by atoms with Gasteiger partial charge in [-0.3, -0.25) is 4.79 Å². The smallest absolute Gasteiger partial charge is 0.224 e. The fourth-order valence-corrected chi connectivity index (χ4v) is 2.48. The zero-order valence-electron chi connectivity index (χ0n) is 13.2. The molecule has 0 heterocycles. The molecule has 0 aliphatic rings. The first-order valence-electron chi connectivity index (χ1n) is 7.07. The molecule has 0 radical (unpaired) electrons. The number of methoxy groups -OCH3 is 1. The molecule has 1 atom stereocenters. The van der Waals surface area contributed by atoms with Crippen LogP contribution in [0.3, 0.4) is 0 Å². The lowest BCUT2D eigenvalue weighted by molar-refractivity contribution is -0.125. The summed E-state index contributed by atoms with van der Waals surface area (Å²) < 4.78 is 5.27. The van der Waals surface area contributed by atoms with Gasteiger partial charge in [0.1, 0.15) is 5.75 Å². The molecule has 118 valence electrons. The minimum absolute atomic E-state index is 0.0469. The number of amides is 1. The van der Waals surface area contributed by atoms with Gasteiger partial charge in [-0.15, -0.1) is 0 Å². The van der Waals surface area contributed by atoms with Crippen molar-refractivity contribution in [3.05, 3.63) is 28.8 Å². The molecule has 0 aliphatic carbocycles. The molecule has 3 N–H and O–H groups in total. The van der Waals surface area contributed by atoms with Crippen molar-refractivity contribution in [1.82, 2.24) is 5.32 Å². The fraction of sp³-hybridized carbons (Fsp3) is 0.562. The third kappa shape index (κ3) is 5.56. The molecule has 1 aromatic rings. The standard InChI is InChI=1S/C16H25ClN2O2/c1-16(2,3)8-11(9-18)15(20)19-10-12-13(17)6-5-7-14(12)21-4/h5-7,11H,8-10,18H2,1-4H3,(H,19,20). The summed E-state index contributed by atoms with van der Waals surface area (Å²) in [6, 6.07) is 5.42. The predicted octanol–water partition coefficient (Wildman–Crippen LogP) is 2.98. The highest BCUT2D eigenvalue weighted by atomic mass is 35.5. The molecule has 1 unspecified atom stereocenters. The van der Waals surface area contributed by atoms with E-state index >= 15 is 0 Å². The number of benzene rings is 1. The molecule has 0 aliphatic heterocycles. The zero-order chi connectivity index (χ0) is 16.0. The molecule has 0 fully saturated rings. The van der Waals surface area contributed by atoms with Crippen LogP contribution in [0.2, 0.25) is 5.02 Å². The Kier molecular flexibility index (Phi) is 6.49. The maximum atomic E-state index is 12.3. The van der Waals surface area contributed by atoms with Crippen molar-refractivity contribution in [2.24, 2.45) is 17.1 Å². The van der Waals surface area contributed by atoms with Crippen LogP contribution >= 0.6 is 11.6 Å². The Labute approximate surface area is 132 Å². The SMILES string of the molecule is COc1cccc(Cl)c1CNC(=O)C(CN)CC(C)(C)C. The monoisotopic (exact) mass is 312 g/mol. The van der Waals surface area contributed by atoms with Gasteiger partial charge in [-0.05, 0) is 24.0 Å². The number of nitrogens with one attached hydrogen (secondary N) is 1. The predicted molar refractivity (Wildman–Crippen MR) is 86.5 cm³/mol. The minimum atomic E-state index is -0.196. The van der Waals surface area contributed by atoms with E-state index in [0.29, 0.717) is 23.9 Å². The number of nitrogens with two attached hydrogens (primary N) is 1. The molecule has 0 aromatic heterocycles. The van der Waals surface area contributed by atoms with E-state index in [4.69, 9.17) is 22.1 Å². The van der Waals surface area contributed by atoms with Crippen LogP contribution in [0.15, 0.2) is 18.2 Å². The van der Waals surface area contributed by atoms with Gasteiger partial charge in [-0.25, -0.2) is 0 Å². The number of hydrogen-bond donors (Lipinski definition) is 2. The summed E-state index contributed by atoms with van der Waals surface area (Å²) in [5, 5.41) is 3.48. The van der Waals surface area contributed by atoms with Gasteiger partial charge in [0.15, 0.2) is 0 Å². The van der Waals surface area contributed by atoms with E-state index in [1.54, 1.807) is 13.2 Å². The van der Waals surface area contributed by atoms with Crippen LogP contribution in [-0.4, -0.2) is 19.6 Å². The Hall–Kier alpha value is -1.26. The molecule has 5 heteroatoms. The van der Waals surface area contributed by atoms with Gasteiger partial charge in [0, 0.05) is 23.7 Å². The number of carbonyl (C=O) groups is 1. The average molecular weight is 313 g/mol. The van der Waals surface area contributed by atoms with E-state index in [9.17, 15) is 4.79 Å². The van der Waals surface area contributed by atoms with Gasteiger partial charge in [0.25, 0.3) is 0 Å². The highest BCUT2D eigenvalue weighted by Gasteiger charge is 2.23. The van der Waals surface area contributed by atoms with Crippen LogP contribution in [0.5, 0.6) is 5.75 Å². The van der Waals surface area contributed by atoms with E-state index < -0.39 is 0 Å². The highest BCUT2D eigenvalue weighted by molar-refractivity contribution is 6.31. The van der Waals surface area contributed by atoms with Crippen LogP contribution in [0, 0.1) is 11.3 Å². The molecular formula is C16H25ClN2O2. The van der Waals surface area contributed by atoms with Crippen LogP contribution in [0.25, 0.3) is 0 Å². The Bertz CT molecular complexity index is 484. The van der Waals surface area contributed by atoms with Gasteiger partial charge >= 0.3 is 0 Å². The Morgan fingerprint density at radius 1 is 1.43 bits per heavy atom. The molecule has 1 rings (SSSR count). The summed E-state index contributed by atoms with van der Waals surface area (Å²) in [5.74, 6) is 0.427. The van der Waals surface area contributed by atoms with Crippen molar-refractivity contribution in [2.75, 3.05) is 13.7 Å². The van der Waals surface area contributed by atoms with Gasteiger partial charge in [-0.1, -0.05) is 38.4 Å². The first-order chi connectivity index (χ1) is 9.78. The number of halogens is 1. The van der Waals surface area contributed by atoms with Crippen molar-refractivity contribution >= 4 is 17.5 Å². The van der Waals surface area contributed by atoms with Crippen LogP contribution in [-0.2, 0) is 11.3 Å². The van der Waals surface area contributed by atoms with E-state index in [1.165, 1.54) is 0 Å². The molecule has 1 amide bonds. The van der Waals surface area contributed by atoms with E-state index in [1.807, 2.05) is 12.1 Å². The van der Waals surface area contributed by atoms with Crippen LogP contribution in [0.1, 0.15) is 32.8 Å². The molecular weight excluding hydrogens is 288 g/mol. The Morgan fingerprint density at radius 3 is 2.62 bits per heavy atom. The third-order valence-corrected chi connectivity index (χ3v) is 3.60. The summed E-state index contributed by atoms with van der Waals surface area (Å²) in [5.41, 5.74) is 6.56. The zero-order valence-corrected chi connectivity index (χ0v) is 14.0. The number of carbonyl (C=O) groups excluding carboxylic acids is 1. The van der Waals surface area contributed by atoms with Crippen molar-refractivity contribution in [1.29, 1.82) is 0 Å². The second-order valence-corrected chi connectivity index (χ2v) is 6.74. The number of hydrogen-bond acceptors (Lipinski definition) is 3. The summed E-state index contributed by atoms with van der Waals surface area (Å²) in [6.45, 7) is 6.96. The highest BCUT2D eigenvalue weighted by Crippen LogP contribution is 2.27. The maximum Gasteiger partial charge on any atom is 0.224 e. The van der Waals surface area contributed by atoms with E-state index in [2.05, 4.69) is 26.1 Å². The van der Waals surface area contributed by atoms with Gasteiger partial charge in [0.2, 0.25) is 5.91 Å². The molecule has 0 saturated carbocycles. The van der Waals surface area contributed by atoms with Crippen molar-refractivity contribution < 1.29 is 9.53 Å². The molecule has 0 bridgehead atoms. The van der Waals surface area contributed by atoms with Gasteiger partial charge < -0.3 is 15.8 Å². The second kappa shape index (κ2) is 7.66. The minimum Gasteiger partial charge on any atom is -0.496 e. The topological polar surface area (TPSA) is 64.3 Å². The molecule has 0 saturated heterocycles. The lowest BCUT2D eigenvalue weighted by Gasteiger charge is -2.24. The second-order valence-electron chi connectivity index (χ2n) is 6.34. The molecule has 21 heavy (non-hydrogen) atoms. The Balaban J connectivity index is 2.72. The number of rotatable bonds is 6. The fourth-order valence-electron chi connectivity index (χ4n) is 2.24. The first kappa shape index (κ1) is 17.8. The van der Waals surface area contributed by atoms with Gasteiger partial charge in [-0.2, -0.15) is 0 Å². The maximum absolute atomic E-state index is 12.3. The van der Waals surface area contributed by atoms with E-state index in [-0.39, 0.29) is 17.2 Å². The van der Waals surface area contributed by atoms with Crippen molar-refractivity contribution in [3.63, 3.8) is 0 Å². The largest absolute Gasteiger partial charge is 0.496 e. The summed E-state index contributed by atoms with van der Waals surface area (Å²) >= 11 is 6.16. The van der Waals surface area contributed by atoms with Crippen molar-refractivity contribution in [2.45, 2.75) is 33.7 Å². The quantitative estimate of drug-likeness (QED) is 0.848. The molecule has 0 spiro atoms. The van der Waals surface area contributed by atoms with Crippen LogP contribution in [0.4, 0.5) is 0 Å². The lowest BCUT2D eigenvalue weighted by atomic mass is 9.84. The lowest BCUT2D eigenvalue weighted by Crippen LogP contribution is -2.37. The summed E-state index contributed by atoms with van der Waals surface area (Å²) in [7, 11) is 1.58. The Morgan fingerprint density at radius 2 is 2.10 bits per heavy atom. The van der Waals surface area contributed by atoms with Crippen molar-refractivity contribution in [3.8, 4) is 5.75 Å². The summed E-state index contributed by atoms with van der Waals surface area (Å²) in [6.07, 6.45) is 0.745. The summed E-state index contributed by atoms with van der Waals surface area (Å²) in [4.78, 5) is 12.3. The van der Waals surface area contributed by atoms with Gasteiger partial charge in [0.05, 0.1) is 13.0 Å². The average Bonchev–Trinajstić information content (AvgIpc) is 2.41. The number of ether oxygens (including phenoxy) is 1. The normalized spacial score (nSPS) is 12.9. The third-order valence-electron chi connectivity index (χ3n) is 3.25.